The molecule has 0 aliphatic heterocycles. The maximum atomic E-state index is 12.5. The van der Waals surface area contributed by atoms with Crippen molar-refractivity contribution in [3.05, 3.63) is 24.3 Å². The van der Waals surface area contributed by atoms with Gasteiger partial charge in [0, 0.05) is 0 Å². The molecule has 5 nitrogen and oxygen atoms in total. The van der Waals surface area contributed by atoms with Gasteiger partial charge in [0.25, 0.3) is 0 Å². The SMILES string of the molecule is CCCCCCCC/C=C\CCCCCCCCC(O)C(=O)NC(CO)C(O)/C=C/CCCCCCCCCCCCCCCCCCCCCC. The fraction of sp³-hybridized carbons (Fsp3) is 0.894. The minimum Gasteiger partial charge on any atom is -0.394 e. The Morgan fingerprint density at radius 2 is 0.769 bits per heavy atom. The van der Waals surface area contributed by atoms with E-state index in [-0.39, 0.29) is 6.61 Å². The summed E-state index contributed by atoms with van der Waals surface area (Å²) in [6.07, 6.45) is 52.1. The molecule has 0 aliphatic carbocycles. The third-order valence-corrected chi connectivity index (χ3v) is 10.8. The highest BCUT2D eigenvalue weighted by Gasteiger charge is 2.22. The van der Waals surface area contributed by atoms with E-state index in [0.29, 0.717) is 6.42 Å². The average molecular weight is 734 g/mol. The number of allylic oxidation sites excluding steroid dienone is 3. The second-order valence-corrected chi connectivity index (χ2v) is 16.0. The van der Waals surface area contributed by atoms with Gasteiger partial charge in [0.1, 0.15) is 6.10 Å². The second kappa shape index (κ2) is 42.6. The van der Waals surface area contributed by atoms with Gasteiger partial charge in [0.05, 0.1) is 18.8 Å². The van der Waals surface area contributed by atoms with Crippen molar-refractivity contribution in [2.75, 3.05) is 6.61 Å². The van der Waals surface area contributed by atoms with Gasteiger partial charge >= 0.3 is 0 Å². The lowest BCUT2D eigenvalue weighted by molar-refractivity contribution is -0.131. The number of hydrogen-bond acceptors (Lipinski definition) is 4. The Kier molecular flexibility index (Phi) is 41.6. The zero-order chi connectivity index (χ0) is 38.0. The minimum atomic E-state index is -1.10. The van der Waals surface area contributed by atoms with Crippen LogP contribution in [0.2, 0.25) is 0 Å². The smallest absolute Gasteiger partial charge is 0.249 e. The van der Waals surface area contributed by atoms with Gasteiger partial charge in [-0.1, -0.05) is 224 Å². The summed E-state index contributed by atoms with van der Waals surface area (Å²) >= 11 is 0. The topological polar surface area (TPSA) is 89.8 Å². The molecular formula is C47H91NO4. The Morgan fingerprint density at radius 3 is 1.12 bits per heavy atom. The monoisotopic (exact) mass is 734 g/mol. The van der Waals surface area contributed by atoms with Crippen molar-refractivity contribution in [3.8, 4) is 0 Å². The number of aliphatic hydroxyl groups is 3. The van der Waals surface area contributed by atoms with Crippen LogP contribution in [0.1, 0.15) is 245 Å². The van der Waals surface area contributed by atoms with Crippen molar-refractivity contribution in [1.29, 1.82) is 0 Å². The van der Waals surface area contributed by atoms with Crippen LogP contribution in [0, 0.1) is 0 Å². The number of carbonyl (C=O) groups is 1. The molecule has 0 radical (unpaired) electrons. The fourth-order valence-electron chi connectivity index (χ4n) is 7.12. The minimum absolute atomic E-state index is 0.364. The maximum absolute atomic E-state index is 12.5. The zero-order valence-corrected chi connectivity index (χ0v) is 35.0. The lowest BCUT2D eigenvalue weighted by Gasteiger charge is -2.21. The lowest BCUT2D eigenvalue weighted by Crippen LogP contribution is -2.48. The second-order valence-electron chi connectivity index (χ2n) is 16.0. The van der Waals surface area contributed by atoms with Crippen LogP contribution < -0.4 is 5.32 Å². The number of carbonyl (C=O) groups excluding carboxylic acids is 1. The molecule has 0 saturated carbocycles. The molecule has 0 rings (SSSR count). The van der Waals surface area contributed by atoms with Crippen molar-refractivity contribution >= 4 is 5.91 Å². The van der Waals surface area contributed by atoms with E-state index >= 15 is 0 Å². The van der Waals surface area contributed by atoms with Gasteiger partial charge in [-0.05, 0) is 44.9 Å². The molecular weight excluding hydrogens is 643 g/mol. The highest BCUT2D eigenvalue weighted by atomic mass is 16.3. The van der Waals surface area contributed by atoms with Crippen LogP contribution in [-0.4, -0.2) is 46.1 Å². The Balaban J connectivity index is 3.64. The van der Waals surface area contributed by atoms with Crippen LogP contribution in [0.5, 0.6) is 0 Å². The number of nitrogens with one attached hydrogen (secondary N) is 1. The molecule has 0 aromatic rings. The number of rotatable bonds is 42. The first kappa shape index (κ1) is 50.8. The molecule has 0 bridgehead atoms. The number of unbranched alkanes of at least 4 members (excludes halogenated alkanes) is 32. The van der Waals surface area contributed by atoms with E-state index in [1.807, 2.05) is 6.08 Å². The average Bonchev–Trinajstić information content (AvgIpc) is 3.15. The molecule has 52 heavy (non-hydrogen) atoms. The van der Waals surface area contributed by atoms with Crippen molar-refractivity contribution in [2.45, 2.75) is 263 Å². The Hall–Kier alpha value is -1.17. The molecule has 5 heteroatoms. The van der Waals surface area contributed by atoms with Gasteiger partial charge in [0.2, 0.25) is 5.91 Å². The first-order valence-electron chi connectivity index (χ1n) is 23.2. The van der Waals surface area contributed by atoms with E-state index in [2.05, 4.69) is 31.3 Å². The third-order valence-electron chi connectivity index (χ3n) is 10.8. The molecule has 4 N–H and O–H groups in total. The molecule has 0 spiro atoms. The van der Waals surface area contributed by atoms with Gasteiger partial charge in [0.15, 0.2) is 0 Å². The van der Waals surface area contributed by atoms with Crippen LogP contribution in [0.4, 0.5) is 0 Å². The molecule has 308 valence electrons. The van der Waals surface area contributed by atoms with Crippen LogP contribution in [0.3, 0.4) is 0 Å². The first-order chi connectivity index (χ1) is 25.6. The summed E-state index contributed by atoms with van der Waals surface area (Å²) in [6.45, 7) is 4.19. The third kappa shape index (κ3) is 37.2. The fourth-order valence-corrected chi connectivity index (χ4v) is 7.12. The number of hydrogen-bond donors (Lipinski definition) is 4. The van der Waals surface area contributed by atoms with Gasteiger partial charge in [-0.3, -0.25) is 4.79 Å². The quantitative estimate of drug-likeness (QED) is 0.0371. The van der Waals surface area contributed by atoms with E-state index in [4.69, 9.17) is 0 Å². The van der Waals surface area contributed by atoms with E-state index in [9.17, 15) is 20.1 Å². The van der Waals surface area contributed by atoms with E-state index in [0.717, 1.165) is 32.1 Å². The van der Waals surface area contributed by atoms with Crippen molar-refractivity contribution in [3.63, 3.8) is 0 Å². The highest BCUT2D eigenvalue weighted by Crippen LogP contribution is 2.16. The molecule has 0 aliphatic rings. The molecule has 3 unspecified atom stereocenters. The number of aliphatic hydroxyl groups excluding tert-OH is 3. The van der Waals surface area contributed by atoms with E-state index in [1.165, 1.54) is 193 Å². The highest BCUT2D eigenvalue weighted by molar-refractivity contribution is 5.80. The van der Waals surface area contributed by atoms with Gasteiger partial charge in [-0.2, -0.15) is 0 Å². The molecule has 3 atom stereocenters. The maximum Gasteiger partial charge on any atom is 0.249 e. The van der Waals surface area contributed by atoms with Crippen molar-refractivity contribution in [1.82, 2.24) is 5.32 Å². The zero-order valence-electron chi connectivity index (χ0n) is 35.0. The van der Waals surface area contributed by atoms with Crippen LogP contribution in [0.15, 0.2) is 24.3 Å². The summed E-state index contributed by atoms with van der Waals surface area (Å²) in [6, 6.07) is -0.798. The molecule has 0 aromatic heterocycles. The Labute approximate surface area is 324 Å². The summed E-state index contributed by atoms with van der Waals surface area (Å²) in [4.78, 5) is 12.5. The lowest BCUT2D eigenvalue weighted by atomic mass is 10.0. The molecule has 0 heterocycles. The largest absolute Gasteiger partial charge is 0.394 e. The summed E-state index contributed by atoms with van der Waals surface area (Å²) in [5.74, 6) is -0.506. The normalized spacial score (nSPS) is 13.7. The standard InChI is InChI=1S/C47H91NO4/c1-3-5-7-9-11-13-15-17-19-21-22-23-24-25-26-28-29-31-33-35-37-39-41-45(50)44(43-49)48-47(52)46(51)42-40-38-36-34-32-30-27-20-18-16-14-12-10-8-6-4-2/h18,20,39,41,44-46,49-51H,3-17,19,21-38,40,42-43H2,1-2H3,(H,48,52)/b20-18-,41-39+. The van der Waals surface area contributed by atoms with Crippen molar-refractivity contribution < 1.29 is 20.1 Å². The van der Waals surface area contributed by atoms with Crippen LogP contribution in [-0.2, 0) is 4.79 Å². The van der Waals surface area contributed by atoms with Gasteiger partial charge < -0.3 is 20.6 Å². The van der Waals surface area contributed by atoms with Gasteiger partial charge in [-0.25, -0.2) is 0 Å². The van der Waals surface area contributed by atoms with Gasteiger partial charge in [-0.15, -0.1) is 0 Å². The van der Waals surface area contributed by atoms with E-state index in [1.54, 1.807) is 6.08 Å². The summed E-state index contributed by atoms with van der Waals surface area (Å²) < 4.78 is 0. The molecule has 0 fully saturated rings. The summed E-state index contributed by atoms with van der Waals surface area (Å²) in [7, 11) is 0. The molecule has 0 saturated heterocycles. The predicted octanol–water partition coefficient (Wildman–Crippen LogP) is 13.4. The Bertz CT molecular complexity index is 768. The van der Waals surface area contributed by atoms with Crippen LogP contribution >= 0.6 is 0 Å². The summed E-state index contributed by atoms with van der Waals surface area (Å²) in [5, 5.41) is 33.2. The predicted molar refractivity (Wildman–Crippen MR) is 227 cm³/mol. The first-order valence-corrected chi connectivity index (χ1v) is 23.2. The van der Waals surface area contributed by atoms with Crippen molar-refractivity contribution in [2.24, 2.45) is 0 Å². The summed E-state index contributed by atoms with van der Waals surface area (Å²) in [5.41, 5.74) is 0. The van der Waals surface area contributed by atoms with E-state index < -0.39 is 24.2 Å². The Morgan fingerprint density at radius 1 is 0.462 bits per heavy atom. The molecule has 0 aromatic carbocycles. The number of amides is 1. The van der Waals surface area contributed by atoms with Crippen LogP contribution in [0.25, 0.3) is 0 Å². The molecule has 1 amide bonds.